The number of aromatic nitrogens is 2. The average molecular weight is 406 g/mol. The van der Waals surface area contributed by atoms with Gasteiger partial charge in [-0.25, -0.2) is 18.7 Å². The summed E-state index contributed by atoms with van der Waals surface area (Å²) in [4.78, 5) is 13.1. The predicted molar refractivity (Wildman–Crippen MR) is 93.4 cm³/mol. The Morgan fingerprint density at radius 2 is 1.93 bits per heavy atom. The smallest absolute Gasteiger partial charge is 0.355 e. The van der Waals surface area contributed by atoms with Crippen molar-refractivity contribution in [3.8, 4) is 0 Å². The van der Waals surface area contributed by atoms with E-state index in [4.69, 9.17) is 0 Å². The molecule has 0 amide bonds. The topological polar surface area (TPSA) is 32.3 Å². The van der Waals surface area contributed by atoms with Gasteiger partial charge in [0, 0.05) is 24.5 Å². The summed E-state index contributed by atoms with van der Waals surface area (Å²) < 4.78 is 63.4. The Hall–Kier alpha value is -1.55. The molecule has 2 fully saturated rings. The van der Waals surface area contributed by atoms with E-state index in [0.29, 0.717) is 41.6 Å². The van der Waals surface area contributed by atoms with E-state index < -0.39 is 19.0 Å². The van der Waals surface area contributed by atoms with Gasteiger partial charge in [-0.3, -0.25) is 4.90 Å². The molecular weight excluding hydrogens is 387 g/mol. The first-order chi connectivity index (χ1) is 12.8. The third kappa shape index (κ3) is 4.16. The van der Waals surface area contributed by atoms with Gasteiger partial charge in [0.2, 0.25) is 0 Å². The number of alkyl halides is 5. The minimum Gasteiger partial charge on any atom is -0.355 e. The fraction of sp³-hybridized carbons (Fsp3) is 0.647. The Morgan fingerprint density at radius 1 is 1.15 bits per heavy atom. The van der Waals surface area contributed by atoms with E-state index in [-0.39, 0.29) is 17.3 Å². The third-order valence-corrected chi connectivity index (χ3v) is 6.36. The fourth-order valence-corrected chi connectivity index (χ4v) is 5.23. The predicted octanol–water partition coefficient (Wildman–Crippen LogP) is 3.82. The van der Waals surface area contributed by atoms with Crippen molar-refractivity contribution >= 4 is 27.4 Å². The van der Waals surface area contributed by atoms with E-state index >= 15 is 0 Å². The highest BCUT2D eigenvalue weighted by Crippen LogP contribution is 2.38. The Morgan fingerprint density at radius 3 is 2.67 bits per heavy atom. The van der Waals surface area contributed by atoms with Crippen LogP contribution in [0.15, 0.2) is 12.4 Å². The Bertz CT molecular complexity index is 808. The number of piperidine rings is 1. The fourth-order valence-electron chi connectivity index (χ4n) is 4.21. The molecule has 10 heteroatoms. The van der Waals surface area contributed by atoms with E-state index in [0.717, 1.165) is 24.3 Å². The van der Waals surface area contributed by atoms with E-state index in [9.17, 15) is 22.0 Å². The highest BCUT2D eigenvalue weighted by Gasteiger charge is 2.38. The molecule has 0 spiro atoms. The molecule has 0 N–H and O–H groups in total. The van der Waals surface area contributed by atoms with Crippen LogP contribution >= 0.6 is 11.3 Å². The van der Waals surface area contributed by atoms with E-state index in [2.05, 4.69) is 14.9 Å². The lowest BCUT2D eigenvalue weighted by Gasteiger charge is -2.33. The van der Waals surface area contributed by atoms with E-state index in [1.165, 1.54) is 12.4 Å². The molecule has 148 valence electrons. The molecular formula is C17H19F5N4S. The number of fused-ring (bicyclic) bond motifs is 2. The largest absolute Gasteiger partial charge is 0.393 e. The monoisotopic (exact) mass is 406 g/mol. The highest BCUT2D eigenvalue weighted by atomic mass is 32.1. The summed E-state index contributed by atoms with van der Waals surface area (Å²) in [6.07, 6.45) is -5.33. The second-order valence-electron chi connectivity index (χ2n) is 7.29. The van der Waals surface area contributed by atoms with E-state index in [1.54, 1.807) is 4.90 Å². The van der Waals surface area contributed by atoms with Crippen LogP contribution in [-0.2, 0) is 6.42 Å². The molecule has 0 radical (unpaired) electrons. The molecule has 0 bridgehead atoms. The highest BCUT2D eigenvalue weighted by molar-refractivity contribution is 7.18. The molecule has 2 aliphatic heterocycles. The zero-order valence-corrected chi connectivity index (χ0v) is 15.2. The number of hydrogen-bond donors (Lipinski definition) is 0. The van der Waals surface area contributed by atoms with Crippen molar-refractivity contribution in [3.63, 3.8) is 0 Å². The summed E-state index contributed by atoms with van der Waals surface area (Å²) >= 11 is 1.04. The molecule has 4 rings (SSSR count). The Balaban J connectivity index is 1.53. The number of halogens is 5. The first kappa shape index (κ1) is 18.8. The Kier molecular flexibility index (Phi) is 4.96. The number of thiophene rings is 1. The summed E-state index contributed by atoms with van der Waals surface area (Å²) in [6.45, 7) is 2.52. The average Bonchev–Trinajstić information content (AvgIpc) is 3.14. The first-order valence-corrected chi connectivity index (χ1v) is 9.66. The quantitative estimate of drug-likeness (QED) is 0.723. The maximum absolute atomic E-state index is 12.7. The van der Waals surface area contributed by atoms with Crippen LogP contribution in [0.2, 0.25) is 0 Å². The van der Waals surface area contributed by atoms with Crippen molar-refractivity contribution in [3.05, 3.63) is 17.3 Å². The summed E-state index contributed by atoms with van der Waals surface area (Å²) in [5.74, 6) is 1.33. The second kappa shape index (κ2) is 7.12. The summed E-state index contributed by atoms with van der Waals surface area (Å²) in [5, 5.41) is 0.643. The van der Waals surface area contributed by atoms with Crippen molar-refractivity contribution in [2.24, 2.45) is 11.8 Å². The van der Waals surface area contributed by atoms with Crippen molar-refractivity contribution in [2.75, 3.05) is 37.6 Å². The van der Waals surface area contributed by atoms with Crippen molar-refractivity contribution in [2.45, 2.75) is 25.4 Å². The van der Waals surface area contributed by atoms with Crippen LogP contribution in [0.25, 0.3) is 10.2 Å². The molecule has 2 aliphatic rings. The summed E-state index contributed by atoms with van der Waals surface area (Å²) in [5.41, 5.74) is 0. The number of likely N-dealkylation sites (tertiary alicyclic amines) is 1. The van der Waals surface area contributed by atoms with Crippen LogP contribution in [0.1, 0.15) is 11.3 Å². The van der Waals surface area contributed by atoms with Gasteiger partial charge in [0.05, 0.1) is 18.4 Å². The van der Waals surface area contributed by atoms with Crippen LogP contribution in [0.3, 0.4) is 0 Å². The van der Waals surface area contributed by atoms with Gasteiger partial charge in [-0.1, -0.05) is 0 Å². The van der Waals surface area contributed by atoms with Gasteiger partial charge in [-0.15, -0.1) is 11.3 Å². The van der Waals surface area contributed by atoms with Gasteiger partial charge in [0.1, 0.15) is 17.0 Å². The van der Waals surface area contributed by atoms with Gasteiger partial charge >= 0.3 is 6.18 Å². The van der Waals surface area contributed by atoms with Crippen molar-refractivity contribution in [1.82, 2.24) is 14.9 Å². The standard InChI is InChI=1S/C17H19F5N4S/c18-14(19)8-25-2-1-10-6-26(7-11(10)5-25)15-13-3-12(4-17(20,21)22)27-16(13)24-9-23-15/h3,9-11,14H,1-2,4-8H2/t10-,11+/m1/s1. The molecule has 4 heterocycles. The number of anilines is 1. The van der Waals surface area contributed by atoms with Crippen molar-refractivity contribution in [1.29, 1.82) is 0 Å². The third-order valence-electron chi connectivity index (χ3n) is 5.32. The first-order valence-electron chi connectivity index (χ1n) is 8.84. The van der Waals surface area contributed by atoms with Crippen LogP contribution in [0, 0.1) is 11.8 Å². The lowest BCUT2D eigenvalue weighted by Crippen LogP contribution is -2.42. The molecule has 0 unspecified atom stereocenters. The Labute approximate surface area is 157 Å². The van der Waals surface area contributed by atoms with Crippen LogP contribution in [0.4, 0.5) is 27.8 Å². The molecule has 2 saturated heterocycles. The molecule has 27 heavy (non-hydrogen) atoms. The molecule has 2 atom stereocenters. The number of rotatable bonds is 4. The zero-order valence-electron chi connectivity index (χ0n) is 14.4. The van der Waals surface area contributed by atoms with Gasteiger partial charge in [0.25, 0.3) is 6.43 Å². The van der Waals surface area contributed by atoms with Gasteiger partial charge in [0.15, 0.2) is 0 Å². The normalized spacial score (nSPS) is 24.1. The second-order valence-corrected chi connectivity index (χ2v) is 8.40. The SMILES string of the molecule is FC(F)CN1CC[C@@H]2CN(c3ncnc4sc(CC(F)(F)F)cc34)C[C@@H]2C1. The minimum absolute atomic E-state index is 0.202. The minimum atomic E-state index is -4.26. The lowest BCUT2D eigenvalue weighted by atomic mass is 9.89. The maximum Gasteiger partial charge on any atom is 0.393 e. The van der Waals surface area contributed by atoms with Gasteiger partial charge in [-0.05, 0) is 30.9 Å². The molecule has 0 aromatic carbocycles. The maximum atomic E-state index is 12.7. The number of hydrogen-bond acceptors (Lipinski definition) is 5. The van der Waals surface area contributed by atoms with Crippen LogP contribution in [0.5, 0.6) is 0 Å². The van der Waals surface area contributed by atoms with Gasteiger partial charge in [-0.2, -0.15) is 13.2 Å². The van der Waals surface area contributed by atoms with Crippen molar-refractivity contribution < 1.29 is 22.0 Å². The molecule has 0 aliphatic carbocycles. The van der Waals surface area contributed by atoms with Gasteiger partial charge < -0.3 is 4.90 Å². The van der Waals surface area contributed by atoms with E-state index in [1.807, 2.05) is 0 Å². The molecule has 2 aromatic rings. The number of nitrogens with zero attached hydrogens (tertiary/aromatic N) is 4. The molecule has 0 saturated carbocycles. The molecule has 4 nitrogen and oxygen atoms in total. The lowest BCUT2D eigenvalue weighted by molar-refractivity contribution is -0.126. The molecule has 2 aromatic heterocycles. The summed E-state index contributed by atoms with van der Waals surface area (Å²) in [7, 11) is 0. The van der Waals surface area contributed by atoms with Crippen LogP contribution in [-0.4, -0.2) is 60.2 Å². The summed E-state index contributed by atoms with van der Waals surface area (Å²) in [6, 6.07) is 1.54. The zero-order chi connectivity index (χ0) is 19.2. The van der Waals surface area contributed by atoms with Crippen LogP contribution < -0.4 is 4.90 Å².